The Morgan fingerprint density at radius 2 is 1.79 bits per heavy atom. The van der Waals surface area contributed by atoms with Gasteiger partial charge in [-0.2, -0.15) is 4.98 Å². The first-order chi connectivity index (χ1) is 16.0. The lowest BCUT2D eigenvalue weighted by molar-refractivity contribution is 0.0995. The summed E-state index contributed by atoms with van der Waals surface area (Å²) in [5, 5.41) is 5.75. The molecule has 0 bridgehead atoms. The summed E-state index contributed by atoms with van der Waals surface area (Å²) in [6, 6.07) is 17.1. The van der Waals surface area contributed by atoms with Gasteiger partial charge in [0.05, 0.1) is 5.56 Å². The number of carbonyl (C=O) groups excluding carboxylic acids is 1. The van der Waals surface area contributed by atoms with Crippen LogP contribution >= 0.6 is 23.2 Å². The molecule has 33 heavy (non-hydrogen) atoms. The summed E-state index contributed by atoms with van der Waals surface area (Å²) in [5.74, 6) is -0.199. The fraction of sp³-hybridized carbons (Fsp3) is 0.120. The van der Waals surface area contributed by atoms with E-state index in [9.17, 15) is 4.79 Å². The smallest absolute Gasteiger partial charge is 0.299 e. The van der Waals surface area contributed by atoms with Crippen LogP contribution in [0.3, 0.4) is 0 Å². The second kappa shape index (κ2) is 8.81. The van der Waals surface area contributed by atoms with Gasteiger partial charge in [0.2, 0.25) is 5.82 Å². The number of nitrogens with zero attached hydrogens (tertiary/aromatic N) is 4. The molecule has 0 spiro atoms. The van der Waals surface area contributed by atoms with E-state index in [0.717, 1.165) is 28.5 Å². The van der Waals surface area contributed by atoms with Crippen LogP contribution in [0, 0.1) is 6.92 Å². The third kappa shape index (κ3) is 4.15. The van der Waals surface area contributed by atoms with Crippen molar-refractivity contribution in [1.29, 1.82) is 0 Å². The molecule has 0 aliphatic rings. The van der Waals surface area contributed by atoms with Crippen LogP contribution in [0.15, 0.2) is 71.5 Å². The monoisotopic (exact) mass is 476 g/mol. The zero-order chi connectivity index (χ0) is 22.9. The summed E-state index contributed by atoms with van der Waals surface area (Å²) < 4.78 is 7.25. The predicted octanol–water partition coefficient (Wildman–Crippen LogP) is 6.18. The molecular weight excluding hydrogens is 459 g/mol. The minimum atomic E-state index is -0.409. The number of hydrogen-bond donors (Lipinski definition) is 0. The molecule has 8 heteroatoms. The van der Waals surface area contributed by atoms with Gasteiger partial charge in [-0.3, -0.25) is 9.78 Å². The minimum absolute atomic E-state index is 0.109. The maximum Gasteiger partial charge on any atom is 0.299 e. The molecule has 0 saturated carbocycles. The summed E-state index contributed by atoms with van der Waals surface area (Å²) in [4.78, 5) is 21.7. The predicted molar refractivity (Wildman–Crippen MR) is 128 cm³/mol. The summed E-state index contributed by atoms with van der Waals surface area (Å²) in [5.41, 5.74) is 4.08. The highest BCUT2D eigenvalue weighted by molar-refractivity contribution is 6.36. The maximum atomic E-state index is 13.4. The first-order valence-electron chi connectivity index (χ1n) is 10.3. The van der Waals surface area contributed by atoms with Crippen LogP contribution in [0.2, 0.25) is 10.2 Å². The number of aromatic nitrogens is 4. The Morgan fingerprint density at radius 3 is 2.55 bits per heavy atom. The van der Waals surface area contributed by atoms with Gasteiger partial charge in [0.15, 0.2) is 0 Å². The van der Waals surface area contributed by atoms with Crippen molar-refractivity contribution in [2.75, 3.05) is 0 Å². The summed E-state index contributed by atoms with van der Waals surface area (Å²) >= 11 is 12.8. The second-order valence-electron chi connectivity index (χ2n) is 7.70. The summed E-state index contributed by atoms with van der Waals surface area (Å²) in [7, 11) is 0. The fourth-order valence-electron chi connectivity index (χ4n) is 3.80. The average molecular weight is 477 g/mol. The maximum absolute atomic E-state index is 13.4. The molecular formula is C25H18Cl2N4O2. The molecule has 0 aliphatic carbocycles. The molecule has 5 aromatic rings. The topological polar surface area (TPSA) is 73.8 Å². The van der Waals surface area contributed by atoms with Gasteiger partial charge in [0.25, 0.3) is 11.7 Å². The van der Waals surface area contributed by atoms with E-state index in [1.807, 2.05) is 54.0 Å². The zero-order valence-electron chi connectivity index (χ0n) is 17.6. The molecule has 3 aromatic heterocycles. The van der Waals surface area contributed by atoms with E-state index in [0.29, 0.717) is 33.7 Å². The van der Waals surface area contributed by atoms with Gasteiger partial charge in [-0.1, -0.05) is 52.1 Å². The Balaban J connectivity index is 1.53. The fourth-order valence-corrected chi connectivity index (χ4v) is 4.29. The van der Waals surface area contributed by atoms with Crippen molar-refractivity contribution < 1.29 is 9.32 Å². The van der Waals surface area contributed by atoms with Crippen LogP contribution < -0.4 is 0 Å². The number of ketones is 1. The van der Waals surface area contributed by atoms with Crippen LogP contribution in [0.25, 0.3) is 22.3 Å². The van der Waals surface area contributed by atoms with Gasteiger partial charge in [-0.05, 0) is 55.3 Å². The molecule has 0 fully saturated rings. The summed E-state index contributed by atoms with van der Waals surface area (Å²) in [6.45, 7) is 2.57. The van der Waals surface area contributed by atoms with Crippen molar-refractivity contribution in [3.8, 4) is 11.4 Å². The molecule has 0 amide bonds. The van der Waals surface area contributed by atoms with Crippen LogP contribution in [-0.4, -0.2) is 25.5 Å². The van der Waals surface area contributed by atoms with Gasteiger partial charge in [0, 0.05) is 40.4 Å². The highest BCUT2D eigenvalue weighted by Crippen LogP contribution is 2.33. The van der Waals surface area contributed by atoms with E-state index in [-0.39, 0.29) is 5.89 Å². The average Bonchev–Trinajstić information content (AvgIpc) is 3.42. The first kappa shape index (κ1) is 21.4. The number of fused-ring (bicyclic) bond motifs is 1. The van der Waals surface area contributed by atoms with Crippen molar-refractivity contribution in [2.45, 2.75) is 19.9 Å². The van der Waals surface area contributed by atoms with Crippen LogP contribution in [-0.2, 0) is 13.0 Å². The van der Waals surface area contributed by atoms with E-state index >= 15 is 0 Å². The number of benzene rings is 2. The number of rotatable bonds is 6. The number of carbonyl (C=O) groups is 1. The Bertz CT molecular complexity index is 1460. The van der Waals surface area contributed by atoms with Gasteiger partial charge in [0.1, 0.15) is 5.15 Å². The van der Waals surface area contributed by atoms with Crippen molar-refractivity contribution in [3.63, 3.8) is 0 Å². The van der Waals surface area contributed by atoms with E-state index in [4.69, 9.17) is 27.7 Å². The quantitative estimate of drug-likeness (QED) is 0.273. The largest absolute Gasteiger partial charge is 0.331 e. The lowest BCUT2D eigenvalue weighted by atomic mass is 10.1. The third-order valence-corrected chi connectivity index (χ3v) is 6.12. The van der Waals surface area contributed by atoms with Gasteiger partial charge in [-0.15, -0.1) is 0 Å². The Hall–Kier alpha value is -3.48. The van der Waals surface area contributed by atoms with Crippen LogP contribution in [0.4, 0.5) is 0 Å². The normalized spacial score (nSPS) is 11.2. The zero-order valence-corrected chi connectivity index (χ0v) is 19.1. The summed E-state index contributed by atoms with van der Waals surface area (Å²) in [6.07, 6.45) is 3.98. The van der Waals surface area contributed by atoms with E-state index in [2.05, 4.69) is 15.1 Å². The number of pyridine rings is 1. The molecule has 164 valence electrons. The van der Waals surface area contributed by atoms with Crippen molar-refractivity contribution in [1.82, 2.24) is 19.7 Å². The van der Waals surface area contributed by atoms with Crippen molar-refractivity contribution in [2.24, 2.45) is 0 Å². The Kier molecular flexibility index (Phi) is 5.70. The molecule has 0 N–H and O–H groups in total. The molecule has 3 heterocycles. The van der Waals surface area contributed by atoms with Gasteiger partial charge < -0.3 is 9.09 Å². The van der Waals surface area contributed by atoms with Crippen molar-refractivity contribution in [3.05, 3.63) is 99.7 Å². The standard InChI is InChI=1S/C25H18Cl2N4O2/c1-15-2-7-20-19(14-15)21(23(27)31(20)13-10-16-3-5-18(26)6-4-16)22(32)25-29-24(30-33-25)17-8-11-28-12-9-17/h2-9,11-12,14H,10,13H2,1H3. The molecule has 0 unspecified atom stereocenters. The van der Waals surface area contributed by atoms with E-state index < -0.39 is 5.78 Å². The minimum Gasteiger partial charge on any atom is -0.331 e. The van der Waals surface area contributed by atoms with Crippen LogP contribution in [0.1, 0.15) is 27.4 Å². The van der Waals surface area contributed by atoms with E-state index in [1.54, 1.807) is 24.5 Å². The molecule has 0 saturated heterocycles. The molecule has 6 nitrogen and oxygen atoms in total. The molecule has 2 aromatic carbocycles. The molecule has 0 atom stereocenters. The van der Waals surface area contributed by atoms with Gasteiger partial charge in [-0.25, -0.2) is 0 Å². The highest BCUT2D eigenvalue weighted by atomic mass is 35.5. The Labute approximate surface area is 199 Å². The third-order valence-electron chi connectivity index (χ3n) is 5.48. The molecule has 0 radical (unpaired) electrons. The molecule has 5 rings (SSSR count). The highest BCUT2D eigenvalue weighted by Gasteiger charge is 2.27. The second-order valence-corrected chi connectivity index (χ2v) is 8.50. The van der Waals surface area contributed by atoms with Gasteiger partial charge >= 0.3 is 0 Å². The lowest BCUT2D eigenvalue weighted by Crippen LogP contribution is -2.05. The first-order valence-corrected chi connectivity index (χ1v) is 11.1. The molecule has 0 aliphatic heterocycles. The van der Waals surface area contributed by atoms with Crippen molar-refractivity contribution >= 4 is 39.9 Å². The number of aryl methyl sites for hydroxylation is 3. The van der Waals surface area contributed by atoms with E-state index in [1.165, 1.54) is 0 Å². The SMILES string of the molecule is Cc1ccc2c(c1)c(C(=O)c1nc(-c3ccncc3)no1)c(Cl)n2CCc1ccc(Cl)cc1. The van der Waals surface area contributed by atoms with Crippen LogP contribution in [0.5, 0.6) is 0 Å². The number of hydrogen-bond acceptors (Lipinski definition) is 5. The Morgan fingerprint density at radius 1 is 1.03 bits per heavy atom. The lowest BCUT2D eigenvalue weighted by Gasteiger charge is -2.08. The number of halogens is 2.